The molecule has 0 aromatic heterocycles. The molecular weight excluding hydrogens is 324 g/mol. The summed E-state index contributed by atoms with van der Waals surface area (Å²) in [5, 5.41) is 5.81. The van der Waals surface area contributed by atoms with Gasteiger partial charge in [-0.05, 0) is 37.5 Å². The minimum Gasteiger partial charge on any atom is -0.493 e. The van der Waals surface area contributed by atoms with Crippen LogP contribution in [0.2, 0.25) is 0 Å². The molecule has 1 amide bonds. The number of carbonyl (C=O) groups excluding carboxylic acids is 2. The predicted octanol–water partition coefficient (Wildman–Crippen LogP) is 1.17. The average molecular weight is 348 g/mol. The molecular formula is C18H24N2O5. The zero-order valence-electron chi connectivity index (χ0n) is 14.8. The molecule has 136 valence electrons. The monoisotopic (exact) mass is 348 g/mol. The van der Waals surface area contributed by atoms with Crippen molar-refractivity contribution in [2.45, 2.75) is 19.8 Å². The minimum atomic E-state index is -0.439. The molecule has 0 fully saturated rings. The van der Waals surface area contributed by atoms with Gasteiger partial charge in [-0.1, -0.05) is 6.07 Å². The number of carbonyl (C=O) groups is 2. The Hall–Kier alpha value is -2.70. The van der Waals surface area contributed by atoms with Gasteiger partial charge in [-0.15, -0.1) is 0 Å². The zero-order chi connectivity index (χ0) is 18.2. The zero-order valence-corrected chi connectivity index (χ0v) is 14.8. The van der Waals surface area contributed by atoms with E-state index in [0.29, 0.717) is 48.7 Å². The van der Waals surface area contributed by atoms with E-state index >= 15 is 0 Å². The Balaban J connectivity index is 2.05. The third kappa shape index (κ3) is 4.65. The summed E-state index contributed by atoms with van der Waals surface area (Å²) in [5.74, 6) is 0.604. The molecule has 0 spiro atoms. The lowest BCUT2D eigenvalue weighted by atomic mass is 10.1. The molecule has 0 radical (unpaired) electrons. The van der Waals surface area contributed by atoms with E-state index in [9.17, 15) is 9.59 Å². The van der Waals surface area contributed by atoms with Crippen LogP contribution >= 0.6 is 0 Å². The molecule has 0 atom stereocenters. The molecule has 0 aliphatic carbocycles. The van der Waals surface area contributed by atoms with Crippen LogP contribution in [0.1, 0.15) is 18.9 Å². The second-order valence-corrected chi connectivity index (χ2v) is 5.45. The fraction of sp³-hybridized carbons (Fsp3) is 0.444. The van der Waals surface area contributed by atoms with Crippen molar-refractivity contribution >= 4 is 11.9 Å². The summed E-state index contributed by atoms with van der Waals surface area (Å²) in [7, 11) is 3.17. The standard InChI is InChI=1S/C18H24N2O5/c1-4-25-18(22)13-8-10-20-17(21)16(13)19-9-7-12-5-6-14(23-2)15(11-12)24-3/h5-6,11,19H,4,7-10H2,1-3H3,(H,20,21). The van der Waals surface area contributed by atoms with Gasteiger partial charge in [-0.2, -0.15) is 0 Å². The number of methoxy groups -OCH3 is 2. The maximum Gasteiger partial charge on any atom is 0.336 e. The summed E-state index contributed by atoms with van der Waals surface area (Å²) in [4.78, 5) is 24.1. The number of rotatable bonds is 8. The molecule has 0 saturated heterocycles. The van der Waals surface area contributed by atoms with Crippen LogP contribution in [0.15, 0.2) is 29.5 Å². The highest BCUT2D eigenvalue weighted by Crippen LogP contribution is 2.27. The van der Waals surface area contributed by atoms with Crippen molar-refractivity contribution in [1.82, 2.24) is 10.6 Å². The molecule has 0 bridgehead atoms. The summed E-state index contributed by atoms with van der Waals surface area (Å²) >= 11 is 0. The van der Waals surface area contributed by atoms with E-state index in [0.717, 1.165) is 5.56 Å². The lowest BCUT2D eigenvalue weighted by Crippen LogP contribution is -2.40. The predicted molar refractivity (Wildman–Crippen MR) is 92.5 cm³/mol. The van der Waals surface area contributed by atoms with Crippen molar-refractivity contribution in [2.24, 2.45) is 0 Å². The number of esters is 1. The Morgan fingerprint density at radius 1 is 1.24 bits per heavy atom. The van der Waals surface area contributed by atoms with E-state index in [1.54, 1.807) is 21.1 Å². The number of nitrogens with one attached hydrogen (secondary N) is 2. The van der Waals surface area contributed by atoms with Crippen LogP contribution in [0.5, 0.6) is 11.5 Å². The molecule has 0 unspecified atom stereocenters. The van der Waals surface area contributed by atoms with Gasteiger partial charge in [0.2, 0.25) is 0 Å². The Labute approximate surface area is 147 Å². The summed E-state index contributed by atoms with van der Waals surface area (Å²) < 4.78 is 15.5. The van der Waals surface area contributed by atoms with E-state index < -0.39 is 5.97 Å². The first kappa shape index (κ1) is 18.6. The van der Waals surface area contributed by atoms with Gasteiger partial charge in [0, 0.05) is 13.1 Å². The highest BCUT2D eigenvalue weighted by Gasteiger charge is 2.25. The van der Waals surface area contributed by atoms with Crippen LogP contribution in [0.3, 0.4) is 0 Å². The largest absolute Gasteiger partial charge is 0.493 e. The number of ether oxygens (including phenoxy) is 3. The Morgan fingerprint density at radius 2 is 2.00 bits per heavy atom. The Morgan fingerprint density at radius 3 is 2.68 bits per heavy atom. The van der Waals surface area contributed by atoms with Gasteiger partial charge in [0.1, 0.15) is 5.70 Å². The second-order valence-electron chi connectivity index (χ2n) is 5.45. The highest BCUT2D eigenvalue weighted by atomic mass is 16.5. The van der Waals surface area contributed by atoms with Gasteiger partial charge < -0.3 is 24.8 Å². The van der Waals surface area contributed by atoms with Gasteiger partial charge in [-0.3, -0.25) is 4.79 Å². The highest BCUT2D eigenvalue weighted by molar-refractivity contribution is 6.03. The third-order valence-electron chi connectivity index (χ3n) is 3.87. The first-order chi connectivity index (χ1) is 12.1. The van der Waals surface area contributed by atoms with Crippen molar-refractivity contribution in [2.75, 3.05) is 33.9 Å². The molecule has 2 rings (SSSR count). The summed E-state index contributed by atoms with van der Waals surface area (Å²) in [5.41, 5.74) is 1.72. The maximum absolute atomic E-state index is 12.1. The molecule has 2 N–H and O–H groups in total. The van der Waals surface area contributed by atoms with E-state index in [1.807, 2.05) is 18.2 Å². The molecule has 1 aromatic carbocycles. The van der Waals surface area contributed by atoms with Gasteiger partial charge in [0.25, 0.3) is 5.91 Å². The molecule has 7 heteroatoms. The summed E-state index contributed by atoms with van der Waals surface area (Å²) in [6, 6.07) is 5.66. The number of hydrogen-bond donors (Lipinski definition) is 2. The van der Waals surface area contributed by atoms with E-state index in [4.69, 9.17) is 14.2 Å². The van der Waals surface area contributed by atoms with Crippen molar-refractivity contribution in [3.8, 4) is 11.5 Å². The first-order valence-corrected chi connectivity index (χ1v) is 8.24. The van der Waals surface area contributed by atoms with Crippen LogP contribution < -0.4 is 20.1 Å². The molecule has 1 aliphatic rings. The van der Waals surface area contributed by atoms with Crippen molar-refractivity contribution < 1.29 is 23.8 Å². The Bertz CT molecular complexity index is 669. The van der Waals surface area contributed by atoms with E-state index in [-0.39, 0.29) is 12.5 Å². The van der Waals surface area contributed by atoms with Gasteiger partial charge in [-0.25, -0.2) is 4.79 Å². The Kier molecular flexibility index (Phi) is 6.68. The van der Waals surface area contributed by atoms with Crippen LogP contribution in [0.25, 0.3) is 0 Å². The van der Waals surface area contributed by atoms with Crippen molar-refractivity contribution in [3.05, 3.63) is 35.0 Å². The number of amides is 1. The normalized spacial score (nSPS) is 14.0. The van der Waals surface area contributed by atoms with Crippen LogP contribution in [0, 0.1) is 0 Å². The van der Waals surface area contributed by atoms with E-state index in [1.165, 1.54) is 0 Å². The SMILES string of the molecule is CCOC(=O)C1=C(NCCc2ccc(OC)c(OC)c2)C(=O)NCC1. The topological polar surface area (TPSA) is 85.9 Å². The number of benzene rings is 1. The van der Waals surface area contributed by atoms with Crippen LogP contribution in [0.4, 0.5) is 0 Å². The summed E-state index contributed by atoms with van der Waals surface area (Å²) in [6.45, 7) is 2.96. The fourth-order valence-corrected chi connectivity index (χ4v) is 2.63. The quantitative estimate of drug-likeness (QED) is 0.686. The first-order valence-electron chi connectivity index (χ1n) is 8.24. The van der Waals surface area contributed by atoms with Crippen molar-refractivity contribution in [1.29, 1.82) is 0 Å². The number of hydrogen-bond acceptors (Lipinski definition) is 6. The molecule has 1 aliphatic heterocycles. The smallest absolute Gasteiger partial charge is 0.336 e. The van der Waals surface area contributed by atoms with Gasteiger partial charge in [0.05, 0.1) is 26.4 Å². The lowest BCUT2D eigenvalue weighted by molar-refractivity contribution is -0.139. The molecule has 25 heavy (non-hydrogen) atoms. The second kappa shape index (κ2) is 8.96. The van der Waals surface area contributed by atoms with E-state index in [2.05, 4.69) is 10.6 Å². The maximum atomic E-state index is 12.1. The molecule has 1 heterocycles. The van der Waals surface area contributed by atoms with Crippen LogP contribution in [-0.4, -0.2) is 45.8 Å². The molecule has 1 aromatic rings. The van der Waals surface area contributed by atoms with Gasteiger partial charge in [0.15, 0.2) is 11.5 Å². The van der Waals surface area contributed by atoms with Crippen molar-refractivity contribution in [3.63, 3.8) is 0 Å². The molecule has 0 saturated carbocycles. The summed E-state index contributed by atoms with van der Waals surface area (Å²) in [6.07, 6.45) is 1.12. The average Bonchev–Trinajstić information content (AvgIpc) is 2.62. The third-order valence-corrected chi connectivity index (χ3v) is 3.87. The molecule has 7 nitrogen and oxygen atoms in total. The minimum absolute atomic E-state index is 0.276. The lowest BCUT2D eigenvalue weighted by Gasteiger charge is -2.20. The van der Waals surface area contributed by atoms with Gasteiger partial charge >= 0.3 is 5.97 Å². The fourth-order valence-electron chi connectivity index (χ4n) is 2.63. The van der Waals surface area contributed by atoms with Crippen LogP contribution in [-0.2, 0) is 20.7 Å².